The molecule has 1 rings (SSSR count). The molecule has 0 fully saturated rings. The molecule has 0 amide bonds. The van der Waals surface area contributed by atoms with Crippen LogP contribution in [0.5, 0.6) is 0 Å². The molecule has 0 heterocycles. The monoisotopic (exact) mass is 169 g/mol. The fraction of sp³-hybridized carbons (Fsp3) is 0.333. The zero-order valence-corrected chi connectivity index (χ0v) is 6.92. The summed E-state index contributed by atoms with van der Waals surface area (Å²) in [6.07, 6.45) is 0. The molecule has 0 aliphatic rings. The molecule has 66 valence electrons. The first kappa shape index (κ1) is 9.16. The van der Waals surface area contributed by atoms with Gasteiger partial charge in [-0.25, -0.2) is 4.39 Å². The highest BCUT2D eigenvalue weighted by Crippen LogP contribution is 2.17. The molecule has 0 aliphatic carbocycles. The summed E-state index contributed by atoms with van der Waals surface area (Å²) in [4.78, 5) is 0. The molecule has 0 radical (unpaired) electrons. The lowest BCUT2D eigenvalue weighted by Crippen LogP contribution is -2.36. The largest absolute Gasteiger partial charge is 0.394 e. The summed E-state index contributed by atoms with van der Waals surface area (Å²) in [7, 11) is 0. The van der Waals surface area contributed by atoms with Crippen molar-refractivity contribution in [2.75, 3.05) is 6.61 Å². The Hall–Kier alpha value is -0.930. The molecule has 0 aromatic heterocycles. The van der Waals surface area contributed by atoms with Gasteiger partial charge in [-0.05, 0) is 24.6 Å². The lowest BCUT2D eigenvalue weighted by Gasteiger charge is -2.21. The highest BCUT2D eigenvalue weighted by molar-refractivity contribution is 5.23. The molecular formula is C9H12FNO. The minimum Gasteiger partial charge on any atom is -0.394 e. The van der Waals surface area contributed by atoms with Gasteiger partial charge in [0.15, 0.2) is 0 Å². The van der Waals surface area contributed by atoms with Crippen molar-refractivity contribution in [3.05, 3.63) is 35.6 Å². The van der Waals surface area contributed by atoms with Crippen molar-refractivity contribution in [3.63, 3.8) is 0 Å². The number of hydrogen-bond acceptors (Lipinski definition) is 2. The van der Waals surface area contributed by atoms with E-state index in [-0.39, 0.29) is 12.4 Å². The van der Waals surface area contributed by atoms with Crippen molar-refractivity contribution in [1.82, 2.24) is 0 Å². The molecule has 1 aromatic carbocycles. The first-order valence-corrected chi connectivity index (χ1v) is 3.72. The van der Waals surface area contributed by atoms with E-state index < -0.39 is 5.54 Å². The van der Waals surface area contributed by atoms with Crippen molar-refractivity contribution in [3.8, 4) is 0 Å². The van der Waals surface area contributed by atoms with Gasteiger partial charge in [0.2, 0.25) is 0 Å². The predicted molar refractivity (Wildman–Crippen MR) is 45.0 cm³/mol. The predicted octanol–water partition coefficient (Wildman–Crippen LogP) is 0.992. The van der Waals surface area contributed by atoms with E-state index in [2.05, 4.69) is 0 Å². The zero-order chi connectivity index (χ0) is 9.19. The van der Waals surface area contributed by atoms with Crippen LogP contribution in [0.15, 0.2) is 24.3 Å². The topological polar surface area (TPSA) is 46.2 Å². The molecule has 0 aliphatic heterocycles. The van der Waals surface area contributed by atoms with Gasteiger partial charge in [0, 0.05) is 0 Å². The number of halogens is 1. The maximum atomic E-state index is 12.7. The molecule has 3 heteroatoms. The Morgan fingerprint density at radius 3 is 2.75 bits per heavy atom. The van der Waals surface area contributed by atoms with Crippen molar-refractivity contribution >= 4 is 0 Å². The van der Waals surface area contributed by atoms with Crippen LogP contribution in [0.25, 0.3) is 0 Å². The normalized spacial score (nSPS) is 15.7. The van der Waals surface area contributed by atoms with Crippen LogP contribution in [-0.2, 0) is 5.54 Å². The third-order valence-corrected chi connectivity index (χ3v) is 1.81. The van der Waals surface area contributed by atoms with Gasteiger partial charge >= 0.3 is 0 Å². The van der Waals surface area contributed by atoms with E-state index in [9.17, 15) is 4.39 Å². The lowest BCUT2D eigenvalue weighted by atomic mass is 9.94. The standard InChI is InChI=1S/C9H12FNO/c1-9(11,6-12)7-3-2-4-8(10)5-7/h2-5,12H,6,11H2,1H3/t9-/m0/s1. The van der Waals surface area contributed by atoms with Crippen molar-refractivity contribution in [2.24, 2.45) is 5.73 Å². The van der Waals surface area contributed by atoms with Gasteiger partial charge in [-0.1, -0.05) is 12.1 Å². The van der Waals surface area contributed by atoms with E-state index in [0.717, 1.165) is 0 Å². The molecular weight excluding hydrogens is 157 g/mol. The molecule has 0 unspecified atom stereocenters. The number of nitrogens with two attached hydrogens (primary N) is 1. The summed E-state index contributed by atoms with van der Waals surface area (Å²) in [5.41, 5.74) is 5.43. The van der Waals surface area contributed by atoms with Crippen LogP contribution < -0.4 is 5.73 Å². The molecule has 2 nitrogen and oxygen atoms in total. The van der Waals surface area contributed by atoms with Gasteiger partial charge < -0.3 is 10.8 Å². The SMILES string of the molecule is C[C@](N)(CO)c1cccc(F)c1. The molecule has 1 aromatic rings. The second-order valence-corrected chi connectivity index (χ2v) is 3.09. The Morgan fingerprint density at radius 2 is 2.25 bits per heavy atom. The van der Waals surface area contributed by atoms with Crippen LogP contribution in [0, 0.1) is 5.82 Å². The second kappa shape index (κ2) is 3.21. The lowest BCUT2D eigenvalue weighted by molar-refractivity contribution is 0.210. The third kappa shape index (κ3) is 1.81. The van der Waals surface area contributed by atoms with E-state index in [1.807, 2.05) is 0 Å². The first-order valence-electron chi connectivity index (χ1n) is 3.72. The molecule has 1 atom stereocenters. The smallest absolute Gasteiger partial charge is 0.123 e. The Bertz CT molecular complexity index is 273. The van der Waals surface area contributed by atoms with Crippen LogP contribution in [0.1, 0.15) is 12.5 Å². The molecule has 12 heavy (non-hydrogen) atoms. The fourth-order valence-electron chi connectivity index (χ4n) is 0.935. The van der Waals surface area contributed by atoms with Crippen LogP contribution in [0.4, 0.5) is 4.39 Å². The van der Waals surface area contributed by atoms with Crippen molar-refractivity contribution in [2.45, 2.75) is 12.5 Å². The molecule has 0 saturated carbocycles. The van der Waals surface area contributed by atoms with Crippen LogP contribution in [0.2, 0.25) is 0 Å². The number of hydrogen-bond donors (Lipinski definition) is 2. The van der Waals surface area contributed by atoms with Gasteiger partial charge in [0.1, 0.15) is 5.82 Å². The Balaban J connectivity index is 3.03. The minimum absolute atomic E-state index is 0.198. The van der Waals surface area contributed by atoms with Gasteiger partial charge in [-0.2, -0.15) is 0 Å². The van der Waals surface area contributed by atoms with Gasteiger partial charge in [-0.15, -0.1) is 0 Å². The van der Waals surface area contributed by atoms with Crippen molar-refractivity contribution in [1.29, 1.82) is 0 Å². The van der Waals surface area contributed by atoms with Crippen LogP contribution >= 0.6 is 0 Å². The third-order valence-electron chi connectivity index (χ3n) is 1.81. The summed E-state index contributed by atoms with van der Waals surface area (Å²) in [5.74, 6) is -0.336. The highest BCUT2D eigenvalue weighted by Gasteiger charge is 2.19. The summed E-state index contributed by atoms with van der Waals surface area (Å²) in [6.45, 7) is 1.46. The van der Waals surface area contributed by atoms with Gasteiger partial charge in [-0.3, -0.25) is 0 Å². The second-order valence-electron chi connectivity index (χ2n) is 3.09. The molecule has 0 bridgehead atoms. The fourth-order valence-corrected chi connectivity index (χ4v) is 0.935. The Labute approximate surface area is 70.8 Å². The summed E-state index contributed by atoms with van der Waals surface area (Å²) in [5, 5.41) is 8.89. The van der Waals surface area contributed by atoms with Gasteiger partial charge in [0.25, 0.3) is 0 Å². The van der Waals surface area contributed by atoms with Gasteiger partial charge in [0.05, 0.1) is 12.1 Å². The zero-order valence-electron chi connectivity index (χ0n) is 6.92. The molecule has 0 spiro atoms. The summed E-state index contributed by atoms with van der Waals surface area (Å²) >= 11 is 0. The number of aliphatic hydroxyl groups is 1. The van der Waals surface area contributed by atoms with Crippen molar-refractivity contribution < 1.29 is 9.50 Å². The number of rotatable bonds is 2. The van der Waals surface area contributed by atoms with E-state index in [1.165, 1.54) is 12.1 Å². The maximum Gasteiger partial charge on any atom is 0.123 e. The quantitative estimate of drug-likeness (QED) is 0.693. The average molecular weight is 169 g/mol. The first-order chi connectivity index (χ1) is 5.56. The highest BCUT2D eigenvalue weighted by atomic mass is 19.1. The van der Waals surface area contributed by atoms with E-state index in [1.54, 1.807) is 19.1 Å². The average Bonchev–Trinajstić information content (AvgIpc) is 2.05. The number of benzene rings is 1. The van der Waals surface area contributed by atoms with Crippen LogP contribution in [0.3, 0.4) is 0 Å². The number of aliphatic hydroxyl groups excluding tert-OH is 1. The van der Waals surface area contributed by atoms with E-state index >= 15 is 0 Å². The molecule has 3 N–H and O–H groups in total. The Morgan fingerprint density at radius 1 is 1.58 bits per heavy atom. The van der Waals surface area contributed by atoms with E-state index in [0.29, 0.717) is 5.56 Å². The van der Waals surface area contributed by atoms with Crippen LogP contribution in [-0.4, -0.2) is 11.7 Å². The minimum atomic E-state index is -0.859. The summed E-state index contributed by atoms with van der Waals surface area (Å²) in [6, 6.07) is 5.94. The maximum absolute atomic E-state index is 12.7. The van der Waals surface area contributed by atoms with E-state index in [4.69, 9.17) is 10.8 Å². The summed E-state index contributed by atoms with van der Waals surface area (Å²) < 4.78 is 12.7. The molecule has 0 saturated heterocycles. The Kier molecular flexibility index (Phi) is 2.45.